The van der Waals surface area contributed by atoms with E-state index in [2.05, 4.69) is 4.90 Å². The van der Waals surface area contributed by atoms with Crippen LogP contribution in [0.15, 0.2) is 0 Å². The second-order valence-electron chi connectivity index (χ2n) is 4.47. The molecule has 1 rings (SSSR count). The van der Waals surface area contributed by atoms with Gasteiger partial charge in [-0.1, -0.05) is 0 Å². The second-order valence-corrected chi connectivity index (χ2v) is 4.47. The fourth-order valence-corrected chi connectivity index (χ4v) is 1.71. The maximum Gasteiger partial charge on any atom is 0.134 e. The molecule has 12 heavy (non-hydrogen) atoms. The molecular weight excluding hydrogens is 155 g/mol. The highest BCUT2D eigenvalue weighted by Crippen LogP contribution is 2.31. The molecule has 1 aliphatic heterocycles. The van der Waals surface area contributed by atoms with E-state index in [1.165, 1.54) is 0 Å². The summed E-state index contributed by atoms with van der Waals surface area (Å²) in [6.07, 6.45) is -0.752. The highest BCUT2D eigenvalue weighted by atomic mass is 19.1. The van der Waals surface area contributed by atoms with Crippen molar-refractivity contribution in [3.05, 3.63) is 0 Å². The standard InChI is InChI=1S/C9H19FN2/c1-9(2)8(10)7(11(3)4)6-12(9)5/h7-8H,6H2,1-5H3/t7-,8?/m0/s1. The molecule has 1 unspecified atom stereocenters. The lowest BCUT2D eigenvalue weighted by molar-refractivity contribution is 0.116. The predicted molar refractivity (Wildman–Crippen MR) is 49.1 cm³/mol. The fourth-order valence-electron chi connectivity index (χ4n) is 1.71. The molecule has 0 spiro atoms. The molecule has 0 aromatic rings. The van der Waals surface area contributed by atoms with Crippen molar-refractivity contribution in [1.29, 1.82) is 0 Å². The summed E-state index contributed by atoms with van der Waals surface area (Å²) in [5.74, 6) is 0. The number of likely N-dealkylation sites (tertiary alicyclic amines) is 1. The number of hydrogen-bond acceptors (Lipinski definition) is 2. The molecule has 0 saturated carbocycles. The van der Waals surface area contributed by atoms with E-state index in [9.17, 15) is 4.39 Å². The lowest BCUT2D eigenvalue weighted by Crippen LogP contribution is -2.43. The zero-order valence-corrected chi connectivity index (χ0v) is 8.63. The summed E-state index contributed by atoms with van der Waals surface area (Å²) in [6, 6.07) is 0.0463. The molecule has 3 heteroatoms. The zero-order chi connectivity index (χ0) is 9.52. The Bertz CT molecular complexity index is 168. The van der Waals surface area contributed by atoms with Crippen LogP contribution in [-0.4, -0.2) is 55.2 Å². The number of alkyl halides is 1. The van der Waals surface area contributed by atoms with Crippen LogP contribution in [0.5, 0.6) is 0 Å². The Kier molecular flexibility index (Phi) is 2.45. The monoisotopic (exact) mass is 174 g/mol. The second kappa shape index (κ2) is 2.96. The van der Waals surface area contributed by atoms with E-state index < -0.39 is 6.17 Å². The number of hydrogen-bond donors (Lipinski definition) is 0. The van der Waals surface area contributed by atoms with Crippen molar-refractivity contribution in [2.24, 2.45) is 0 Å². The molecule has 2 atom stereocenters. The molecule has 0 bridgehead atoms. The van der Waals surface area contributed by atoms with Crippen LogP contribution in [0, 0.1) is 0 Å². The number of rotatable bonds is 1. The minimum Gasteiger partial charge on any atom is -0.302 e. The molecule has 1 heterocycles. The highest BCUT2D eigenvalue weighted by Gasteiger charge is 2.47. The van der Waals surface area contributed by atoms with Gasteiger partial charge in [0.25, 0.3) is 0 Å². The lowest BCUT2D eigenvalue weighted by Gasteiger charge is -2.29. The Labute approximate surface area is 74.3 Å². The first kappa shape index (κ1) is 9.93. The van der Waals surface area contributed by atoms with Gasteiger partial charge in [-0.15, -0.1) is 0 Å². The third-order valence-corrected chi connectivity index (χ3v) is 3.12. The Morgan fingerprint density at radius 1 is 1.42 bits per heavy atom. The Morgan fingerprint density at radius 3 is 2.08 bits per heavy atom. The Balaban J connectivity index is 2.76. The SMILES string of the molecule is CN(C)[C@H]1CN(C)C(C)(C)C1F. The zero-order valence-electron chi connectivity index (χ0n) is 8.63. The summed E-state index contributed by atoms with van der Waals surface area (Å²) in [7, 11) is 5.86. The van der Waals surface area contributed by atoms with E-state index in [1.807, 2.05) is 39.9 Å². The Hall–Kier alpha value is -0.150. The normalized spacial score (nSPS) is 36.2. The van der Waals surface area contributed by atoms with Gasteiger partial charge < -0.3 is 4.90 Å². The van der Waals surface area contributed by atoms with Crippen LogP contribution < -0.4 is 0 Å². The molecule has 1 saturated heterocycles. The molecule has 0 amide bonds. The van der Waals surface area contributed by atoms with Crippen molar-refractivity contribution >= 4 is 0 Å². The fraction of sp³-hybridized carbons (Fsp3) is 1.00. The first-order valence-electron chi connectivity index (χ1n) is 4.39. The molecule has 72 valence electrons. The Morgan fingerprint density at radius 2 is 1.92 bits per heavy atom. The van der Waals surface area contributed by atoms with Crippen LogP contribution in [0.3, 0.4) is 0 Å². The largest absolute Gasteiger partial charge is 0.302 e. The minimum atomic E-state index is -0.752. The van der Waals surface area contributed by atoms with Gasteiger partial charge in [0.1, 0.15) is 6.17 Å². The quantitative estimate of drug-likeness (QED) is 0.584. The average Bonchev–Trinajstić information content (AvgIpc) is 2.13. The van der Waals surface area contributed by atoms with Crippen molar-refractivity contribution in [3.63, 3.8) is 0 Å². The summed E-state index contributed by atoms with van der Waals surface area (Å²) in [4.78, 5) is 4.05. The molecule has 0 radical (unpaired) electrons. The van der Waals surface area contributed by atoms with Gasteiger partial charge in [-0.2, -0.15) is 0 Å². The first-order chi connectivity index (χ1) is 5.37. The van der Waals surface area contributed by atoms with Gasteiger partial charge in [0.2, 0.25) is 0 Å². The molecule has 0 aromatic carbocycles. The molecule has 1 aliphatic rings. The van der Waals surface area contributed by atoms with Gasteiger partial charge in [0, 0.05) is 12.1 Å². The van der Waals surface area contributed by atoms with Crippen molar-refractivity contribution in [2.45, 2.75) is 31.6 Å². The van der Waals surface area contributed by atoms with Crippen LogP contribution in [0.25, 0.3) is 0 Å². The van der Waals surface area contributed by atoms with Crippen molar-refractivity contribution in [1.82, 2.24) is 9.80 Å². The molecule has 0 N–H and O–H groups in total. The van der Waals surface area contributed by atoms with E-state index >= 15 is 0 Å². The average molecular weight is 174 g/mol. The van der Waals surface area contributed by atoms with Crippen molar-refractivity contribution < 1.29 is 4.39 Å². The van der Waals surface area contributed by atoms with Gasteiger partial charge >= 0.3 is 0 Å². The molecule has 1 fully saturated rings. The topological polar surface area (TPSA) is 6.48 Å². The summed E-state index contributed by atoms with van der Waals surface area (Å²) < 4.78 is 13.8. The maximum absolute atomic E-state index is 13.8. The maximum atomic E-state index is 13.8. The number of likely N-dealkylation sites (N-methyl/N-ethyl adjacent to an activating group) is 2. The number of nitrogens with zero attached hydrogens (tertiary/aromatic N) is 2. The molecule has 0 aromatic heterocycles. The van der Waals surface area contributed by atoms with E-state index in [0.717, 1.165) is 6.54 Å². The first-order valence-corrected chi connectivity index (χ1v) is 4.39. The summed E-state index contributed by atoms with van der Waals surface area (Å²) in [5.41, 5.74) is -0.311. The summed E-state index contributed by atoms with van der Waals surface area (Å²) in [6.45, 7) is 4.74. The van der Waals surface area contributed by atoms with E-state index in [-0.39, 0.29) is 11.6 Å². The van der Waals surface area contributed by atoms with Crippen LogP contribution >= 0.6 is 0 Å². The van der Waals surface area contributed by atoms with Crippen LogP contribution in [0.4, 0.5) is 4.39 Å². The highest BCUT2D eigenvalue weighted by molar-refractivity contribution is 5.02. The van der Waals surface area contributed by atoms with Gasteiger partial charge in [-0.05, 0) is 35.0 Å². The predicted octanol–water partition coefficient (Wildman–Crippen LogP) is 0.979. The van der Waals surface area contributed by atoms with Crippen molar-refractivity contribution in [2.75, 3.05) is 27.7 Å². The van der Waals surface area contributed by atoms with Crippen LogP contribution in [0.2, 0.25) is 0 Å². The summed E-state index contributed by atoms with van der Waals surface area (Å²) >= 11 is 0. The van der Waals surface area contributed by atoms with Gasteiger partial charge in [-0.3, -0.25) is 4.90 Å². The van der Waals surface area contributed by atoms with Gasteiger partial charge in [0.05, 0.1) is 6.04 Å². The number of halogens is 1. The molecule has 0 aliphatic carbocycles. The van der Waals surface area contributed by atoms with Crippen LogP contribution in [-0.2, 0) is 0 Å². The van der Waals surface area contributed by atoms with E-state index in [0.29, 0.717) is 0 Å². The minimum absolute atomic E-state index is 0.0463. The third kappa shape index (κ3) is 1.36. The van der Waals surface area contributed by atoms with Crippen LogP contribution in [0.1, 0.15) is 13.8 Å². The van der Waals surface area contributed by atoms with Crippen molar-refractivity contribution in [3.8, 4) is 0 Å². The van der Waals surface area contributed by atoms with Gasteiger partial charge in [0.15, 0.2) is 0 Å². The van der Waals surface area contributed by atoms with Gasteiger partial charge in [-0.25, -0.2) is 4.39 Å². The lowest BCUT2D eigenvalue weighted by atomic mass is 9.98. The van der Waals surface area contributed by atoms with E-state index in [4.69, 9.17) is 0 Å². The smallest absolute Gasteiger partial charge is 0.134 e. The molecule has 2 nitrogen and oxygen atoms in total. The third-order valence-electron chi connectivity index (χ3n) is 3.12. The van der Waals surface area contributed by atoms with E-state index in [1.54, 1.807) is 0 Å². The molecular formula is C9H19FN2. The summed E-state index contributed by atoms with van der Waals surface area (Å²) in [5, 5.41) is 0.